The van der Waals surface area contributed by atoms with Crippen LogP contribution in [-0.4, -0.2) is 29.1 Å². The predicted molar refractivity (Wildman–Crippen MR) is 81.9 cm³/mol. The Morgan fingerprint density at radius 1 is 1.21 bits per heavy atom. The van der Waals surface area contributed by atoms with Crippen molar-refractivity contribution in [2.75, 3.05) is 18.5 Å². The number of nitrogens with one attached hydrogen (secondary N) is 2. The zero-order chi connectivity index (χ0) is 16.7. The van der Waals surface area contributed by atoms with Crippen LogP contribution in [0, 0.1) is 17.2 Å². The normalized spacial score (nSPS) is 21.4. The summed E-state index contributed by atoms with van der Waals surface area (Å²) in [6, 6.07) is 7.14. The summed E-state index contributed by atoms with van der Waals surface area (Å²) in [6.45, 7) is 0.882. The molecule has 2 unspecified atom stereocenters. The van der Waals surface area contributed by atoms with Crippen LogP contribution in [-0.2, 0) is 4.79 Å². The van der Waals surface area contributed by atoms with E-state index in [0.29, 0.717) is 30.3 Å². The fraction of sp³-hybridized carbons (Fsp3) is 0.250. The third-order valence-electron chi connectivity index (χ3n) is 4.12. The van der Waals surface area contributed by atoms with Crippen LogP contribution < -0.4 is 20.3 Å². The summed E-state index contributed by atoms with van der Waals surface area (Å²) in [4.78, 5) is 31.0. The van der Waals surface area contributed by atoms with Gasteiger partial charge in [0, 0.05) is 5.92 Å². The van der Waals surface area contributed by atoms with E-state index >= 15 is 0 Å². The fourth-order valence-electron chi connectivity index (χ4n) is 3.06. The average Bonchev–Trinajstić information content (AvgIpc) is 2.60. The van der Waals surface area contributed by atoms with Crippen molar-refractivity contribution in [2.45, 2.75) is 5.92 Å². The van der Waals surface area contributed by atoms with Gasteiger partial charge in [-0.15, -0.1) is 0 Å². The van der Waals surface area contributed by atoms with Gasteiger partial charge >= 0.3 is 0 Å². The van der Waals surface area contributed by atoms with E-state index in [0.717, 1.165) is 0 Å². The first-order valence-electron chi connectivity index (χ1n) is 7.36. The van der Waals surface area contributed by atoms with Crippen LogP contribution in [0.1, 0.15) is 17.0 Å². The molecule has 0 saturated heterocycles. The van der Waals surface area contributed by atoms with Crippen molar-refractivity contribution in [3.8, 4) is 17.6 Å². The fourth-order valence-corrected chi connectivity index (χ4v) is 3.06. The van der Waals surface area contributed by atoms with Crippen LogP contribution in [0.4, 0.5) is 5.82 Å². The van der Waals surface area contributed by atoms with Crippen molar-refractivity contribution in [1.29, 1.82) is 5.26 Å². The van der Waals surface area contributed by atoms with Crippen LogP contribution in [0.5, 0.6) is 11.5 Å². The van der Waals surface area contributed by atoms with Gasteiger partial charge in [0.05, 0.1) is 18.0 Å². The smallest absolute Gasteiger partial charge is 0.256 e. The van der Waals surface area contributed by atoms with E-state index in [1.165, 1.54) is 6.33 Å². The van der Waals surface area contributed by atoms with Crippen molar-refractivity contribution in [3.63, 3.8) is 0 Å². The van der Waals surface area contributed by atoms with Gasteiger partial charge in [-0.2, -0.15) is 5.26 Å². The van der Waals surface area contributed by atoms with E-state index in [1.807, 2.05) is 6.07 Å². The second kappa shape index (κ2) is 5.38. The molecule has 8 heteroatoms. The molecule has 120 valence electrons. The maximum absolute atomic E-state index is 12.3. The van der Waals surface area contributed by atoms with Gasteiger partial charge in [0.15, 0.2) is 11.5 Å². The van der Waals surface area contributed by atoms with Gasteiger partial charge in [-0.05, 0) is 17.7 Å². The van der Waals surface area contributed by atoms with Crippen LogP contribution in [0.2, 0.25) is 0 Å². The van der Waals surface area contributed by atoms with E-state index in [-0.39, 0.29) is 16.9 Å². The lowest BCUT2D eigenvalue weighted by atomic mass is 9.79. The average molecular weight is 324 g/mol. The lowest BCUT2D eigenvalue weighted by Gasteiger charge is -2.28. The number of hydrogen-bond acceptors (Lipinski definition) is 6. The number of carbonyl (C=O) groups is 1. The summed E-state index contributed by atoms with van der Waals surface area (Å²) in [7, 11) is 0. The van der Waals surface area contributed by atoms with Crippen molar-refractivity contribution < 1.29 is 14.3 Å². The Morgan fingerprint density at radius 3 is 2.79 bits per heavy atom. The number of anilines is 1. The highest BCUT2D eigenvalue weighted by molar-refractivity contribution is 5.97. The molecule has 0 saturated carbocycles. The maximum atomic E-state index is 12.3. The Balaban J connectivity index is 1.91. The molecule has 0 spiro atoms. The quantitative estimate of drug-likeness (QED) is 0.800. The van der Waals surface area contributed by atoms with E-state index in [4.69, 9.17) is 9.47 Å². The Kier molecular flexibility index (Phi) is 3.20. The van der Waals surface area contributed by atoms with Crippen molar-refractivity contribution in [2.24, 2.45) is 5.92 Å². The van der Waals surface area contributed by atoms with Gasteiger partial charge in [-0.1, -0.05) is 6.07 Å². The molecule has 2 aromatic rings. The standard InChI is InChI=1S/C16H12N4O4/c17-6-9-12(8-1-2-10-11(5-8)24-4-3-23-10)13-14(20-15(9)21)18-7-19-16(13)22/h1-2,5,7,9,12H,3-4H2,(H2,18,19,20,21,22). The van der Waals surface area contributed by atoms with Gasteiger partial charge in [-0.25, -0.2) is 4.98 Å². The van der Waals surface area contributed by atoms with Gasteiger partial charge in [0.25, 0.3) is 5.56 Å². The molecule has 2 aliphatic rings. The first-order valence-corrected chi connectivity index (χ1v) is 7.36. The van der Waals surface area contributed by atoms with Gasteiger partial charge in [0.1, 0.15) is 24.9 Å². The highest BCUT2D eigenvalue weighted by Gasteiger charge is 2.40. The third-order valence-corrected chi connectivity index (χ3v) is 4.12. The third kappa shape index (κ3) is 2.10. The topological polar surface area (TPSA) is 117 Å². The number of nitrogens with zero attached hydrogens (tertiary/aromatic N) is 2. The lowest BCUT2D eigenvalue weighted by molar-refractivity contribution is -0.119. The summed E-state index contributed by atoms with van der Waals surface area (Å²) >= 11 is 0. The number of aromatic amines is 1. The number of carbonyl (C=O) groups excluding carboxylic acids is 1. The second-order valence-corrected chi connectivity index (χ2v) is 5.47. The SMILES string of the molecule is N#CC1C(=O)Nc2nc[nH]c(=O)c2C1c1ccc2c(c1)OCCO2. The number of ether oxygens (including phenoxy) is 2. The minimum absolute atomic E-state index is 0.176. The van der Waals surface area contributed by atoms with Crippen LogP contribution >= 0.6 is 0 Å². The number of H-pyrrole nitrogens is 1. The molecule has 8 nitrogen and oxygen atoms in total. The monoisotopic (exact) mass is 324 g/mol. The zero-order valence-electron chi connectivity index (χ0n) is 12.4. The molecule has 2 aliphatic heterocycles. The van der Waals surface area contributed by atoms with Gasteiger partial charge in [0.2, 0.25) is 5.91 Å². The Morgan fingerprint density at radius 2 is 2.00 bits per heavy atom. The second-order valence-electron chi connectivity index (χ2n) is 5.47. The molecule has 1 aromatic carbocycles. The highest BCUT2D eigenvalue weighted by atomic mass is 16.6. The number of nitriles is 1. The molecule has 1 amide bonds. The summed E-state index contributed by atoms with van der Waals surface area (Å²) < 4.78 is 11.0. The molecular formula is C16H12N4O4. The molecular weight excluding hydrogens is 312 g/mol. The molecule has 2 N–H and O–H groups in total. The van der Waals surface area contributed by atoms with Crippen LogP contribution in [0.3, 0.4) is 0 Å². The molecule has 24 heavy (non-hydrogen) atoms. The summed E-state index contributed by atoms with van der Waals surface area (Å²) in [5.74, 6) is -0.946. The minimum Gasteiger partial charge on any atom is -0.486 e. The molecule has 3 heterocycles. The molecule has 4 rings (SSSR count). The molecule has 2 atom stereocenters. The summed E-state index contributed by atoms with van der Waals surface area (Å²) in [5, 5.41) is 12.0. The van der Waals surface area contributed by atoms with E-state index in [1.54, 1.807) is 18.2 Å². The predicted octanol–water partition coefficient (Wildman–Crippen LogP) is 0.765. The van der Waals surface area contributed by atoms with Crippen molar-refractivity contribution >= 4 is 11.7 Å². The molecule has 0 radical (unpaired) electrons. The highest BCUT2D eigenvalue weighted by Crippen LogP contribution is 2.41. The van der Waals surface area contributed by atoms with E-state index in [9.17, 15) is 14.9 Å². The lowest BCUT2D eigenvalue weighted by Crippen LogP contribution is -2.37. The number of rotatable bonds is 1. The number of amides is 1. The Hall–Kier alpha value is -3.34. The Bertz CT molecular complexity index is 930. The molecule has 1 aromatic heterocycles. The van der Waals surface area contributed by atoms with Crippen LogP contribution in [0.25, 0.3) is 0 Å². The first-order chi connectivity index (χ1) is 11.7. The number of hydrogen-bond donors (Lipinski definition) is 2. The number of benzene rings is 1. The largest absolute Gasteiger partial charge is 0.486 e. The van der Waals surface area contributed by atoms with E-state index < -0.39 is 17.7 Å². The van der Waals surface area contributed by atoms with Crippen molar-refractivity contribution in [1.82, 2.24) is 9.97 Å². The Labute approximate surface area is 136 Å². The number of fused-ring (bicyclic) bond motifs is 2. The van der Waals surface area contributed by atoms with Crippen LogP contribution in [0.15, 0.2) is 29.3 Å². The number of aromatic nitrogens is 2. The maximum Gasteiger partial charge on any atom is 0.256 e. The first kappa shape index (κ1) is 14.3. The zero-order valence-corrected chi connectivity index (χ0v) is 12.4. The van der Waals surface area contributed by atoms with Crippen molar-refractivity contribution in [3.05, 3.63) is 46.0 Å². The summed E-state index contributed by atoms with van der Waals surface area (Å²) in [6.07, 6.45) is 1.22. The molecule has 0 fully saturated rings. The van der Waals surface area contributed by atoms with E-state index in [2.05, 4.69) is 15.3 Å². The minimum atomic E-state index is -1.04. The molecule has 0 bridgehead atoms. The van der Waals surface area contributed by atoms with Gasteiger partial charge in [-0.3, -0.25) is 9.59 Å². The molecule has 0 aliphatic carbocycles. The van der Waals surface area contributed by atoms with Gasteiger partial charge < -0.3 is 19.8 Å². The summed E-state index contributed by atoms with van der Waals surface area (Å²) in [5.41, 5.74) is 0.501.